The number of nitrogens with one attached hydrogen (secondary N) is 2. The van der Waals surface area contributed by atoms with E-state index in [4.69, 9.17) is 9.97 Å². The maximum absolute atomic E-state index is 4.91. The van der Waals surface area contributed by atoms with E-state index in [2.05, 4.69) is 51.9 Å². The molecule has 132 valence electrons. The van der Waals surface area contributed by atoms with Crippen LogP contribution in [0.5, 0.6) is 0 Å². The van der Waals surface area contributed by atoms with Gasteiger partial charge in [0.05, 0.1) is 5.52 Å². The summed E-state index contributed by atoms with van der Waals surface area (Å²) in [4.78, 5) is 12.1. The first-order chi connectivity index (χ1) is 12.8. The van der Waals surface area contributed by atoms with E-state index in [9.17, 15) is 0 Å². The molecule has 2 aromatic carbocycles. The normalized spacial score (nSPS) is 21.9. The number of nitrogens with zero attached hydrogens (tertiary/aromatic N) is 3. The molecular weight excluding hydrogens is 322 g/mol. The molecule has 0 radical (unpaired) electrons. The number of aromatic nitrogens is 2. The fraction of sp³-hybridized carbons (Fsp3) is 0.333. The van der Waals surface area contributed by atoms with Crippen molar-refractivity contribution in [1.29, 1.82) is 0 Å². The Labute approximate surface area is 153 Å². The van der Waals surface area contributed by atoms with Crippen LogP contribution in [0.15, 0.2) is 54.6 Å². The Balaban J connectivity index is 1.47. The van der Waals surface area contributed by atoms with Gasteiger partial charge in [-0.05, 0) is 30.0 Å². The topological polar surface area (TPSA) is 53.1 Å². The minimum absolute atomic E-state index is 0.574. The van der Waals surface area contributed by atoms with Crippen LogP contribution in [-0.4, -0.2) is 35.6 Å². The van der Waals surface area contributed by atoms with Crippen molar-refractivity contribution in [3.63, 3.8) is 0 Å². The fourth-order valence-electron chi connectivity index (χ4n) is 4.12. The maximum Gasteiger partial charge on any atom is 0.227 e. The van der Waals surface area contributed by atoms with Gasteiger partial charge in [0.1, 0.15) is 5.82 Å². The number of para-hydroxylation sites is 1. The van der Waals surface area contributed by atoms with Crippen LogP contribution < -0.4 is 15.5 Å². The zero-order valence-electron chi connectivity index (χ0n) is 14.7. The molecule has 2 saturated heterocycles. The van der Waals surface area contributed by atoms with Crippen molar-refractivity contribution in [2.45, 2.75) is 19.0 Å². The van der Waals surface area contributed by atoms with Gasteiger partial charge in [-0.2, -0.15) is 4.98 Å². The van der Waals surface area contributed by atoms with E-state index in [0.717, 1.165) is 48.8 Å². The molecule has 2 aliphatic rings. The van der Waals surface area contributed by atoms with Gasteiger partial charge in [-0.1, -0.05) is 42.5 Å². The molecule has 3 heterocycles. The predicted octanol–water partition coefficient (Wildman–Crippen LogP) is 3.04. The summed E-state index contributed by atoms with van der Waals surface area (Å²) in [5.41, 5.74) is 2.25. The summed E-state index contributed by atoms with van der Waals surface area (Å²) in [6.07, 6.45) is 1.28. The quantitative estimate of drug-likeness (QED) is 0.761. The number of piperidine rings is 1. The molecule has 0 aliphatic carbocycles. The lowest BCUT2D eigenvalue weighted by atomic mass is 10.0. The van der Waals surface area contributed by atoms with Crippen molar-refractivity contribution in [3.8, 4) is 0 Å². The lowest BCUT2D eigenvalue weighted by Gasteiger charge is -2.31. The van der Waals surface area contributed by atoms with Crippen LogP contribution in [0.1, 0.15) is 12.0 Å². The van der Waals surface area contributed by atoms with Crippen molar-refractivity contribution < 1.29 is 0 Å². The highest BCUT2D eigenvalue weighted by Crippen LogP contribution is 2.28. The Morgan fingerprint density at radius 3 is 2.73 bits per heavy atom. The highest BCUT2D eigenvalue weighted by atomic mass is 15.3. The molecule has 0 amide bonds. The van der Waals surface area contributed by atoms with Gasteiger partial charge in [0.25, 0.3) is 0 Å². The minimum atomic E-state index is 0.574. The summed E-state index contributed by atoms with van der Waals surface area (Å²) in [5.74, 6) is 2.47. The largest absolute Gasteiger partial charge is 0.365 e. The Bertz CT molecular complexity index is 899. The second-order valence-electron chi connectivity index (χ2n) is 7.34. The standard InChI is InChI=1S/C21H23N5/c1-2-6-15(7-3-1)11-23-20-18-8-4-5-9-19(18)24-21(25-20)26-13-16-10-17(14-26)22-12-16/h1-9,16-17,22H,10-14H2,(H,23,24,25). The molecule has 0 spiro atoms. The van der Waals surface area contributed by atoms with Crippen LogP contribution in [0.2, 0.25) is 0 Å². The van der Waals surface area contributed by atoms with Gasteiger partial charge in [0.15, 0.2) is 0 Å². The first kappa shape index (κ1) is 15.6. The third kappa shape index (κ3) is 2.99. The van der Waals surface area contributed by atoms with Crippen LogP contribution in [0.25, 0.3) is 10.9 Å². The average Bonchev–Trinajstić information content (AvgIpc) is 3.04. The summed E-state index contributed by atoms with van der Waals surface area (Å²) in [6.45, 7) is 3.91. The van der Waals surface area contributed by atoms with E-state index in [1.807, 2.05) is 18.2 Å². The zero-order chi connectivity index (χ0) is 17.3. The molecule has 1 aromatic heterocycles. The van der Waals surface area contributed by atoms with Gasteiger partial charge in [0.2, 0.25) is 5.95 Å². The van der Waals surface area contributed by atoms with E-state index in [0.29, 0.717) is 12.0 Å². The molecule has 2 N–H and O–H groups in total. The fourth-order valence-corrected chi connectivity index (χ4v) is 4.12. The summed E-state index contributed by atoms with van der Waals surface area (Å²) >= 11 is 0. The van der Waals surface area contributed by atoms with Crippen LogP contribution in [0.4, 0.5) is 11.8 Å². The number of anilines is 2. The Kier molecular flexibility index (Phi) is 3.94. The molecule has 2 unspecified atom stereocenters. The van der Waals surface area contributed by atoms with Crippen molar-refractivity contribution in [3.05, 3.63) is 60.2 Å². The van der Waals surface area contributed by atoms with Crippen molar-refractivity contribution in [2.75, 3.05) is 29.9 Å². The van der Waals surface area contributed by atoms with E-state index in [-0.39, 0.29) is 0 Å². The summed E-state index contributed by atoms with van der Waals surface area (Å²) in [5, 5.41) is 8.21. The van der Waals surface area contributed by atoms with E-state index < -0.39 is 0 Å². The summed E-state index contributed by atoms with van der Waals surface area (Å²) < 4.78 is 0. The smallest absolute Gasteiger partial charge is 0.227 e. The molecule has 2 aliphatic heterocycles. The van der Waals surface area contributed by atoms with Crippen LogP contribution in [0.3, 0.4) is 0 Å². The third-order valence-corrected chi connectivity index (χ3v) is 5.41. The maximum atomic E-state index is 4.91. The molecule has 5 nitrogen and oxygen atoms in total. The second kappa shape index (κ2) is 6.57. The number of hydrogen-bond donors (Lipinski definition) is 2. The van der Waals surface area contributed by atoms with Gasteiger partial charge in [0, 0.05) is 37.6 Å². The SMILES string of the molecule is c1ccc(CNc2nc(N3CC4CNC(C4)C3)nc3ccccc23)cc1. The average molecular weight is 345 g/mol. The molecule has 5 heteroatoms. The first-order valence-electron chi connectivity index (χ1n) is 9.38. The molecule has 2 bridgehead atoms. The van der Waals surface area contributed by atoms with Gasteiger partial charge in [-0.25, -0.2) is 4.98 Å². The molecular formula is C21H23N5. The monoisotopic (exact) mass is 345 g/mol. The molecule has 26 heavy (non-hydrogen) atoms. The van der Waals surface area contributed by atoms with Gasteiger partial charge in [-0.15, -0.1) is 0 Å². The van der Waals surface area contributed by atoms with Gasteiger partial charge in [-0.3, -0.25) is 0 Å². The number of benzene rings is 2. The Morgan fingerprint density at radius 1 is 1.00 bits per heavy atom. The predicted molar refractivity (Wildman–Crippen MR) is 105 cm³/mol. The van der Waals surface area contributed by atoms with Crippen LogP contribution in [0, 0.1) is 5.92 Å². The van der Waals surface area contributed by atoms with E-state index in [1.54, 1.807) is 0 Å². The third-order valence-electron chi connectivity index (χ3n) is 5.41. The molecule has 3 aromatic rings. The number of fused-ring (bicyclic) bond motifs is 3. The Morgan fingerprint density at radius 2 is 1.85 bits per heavy atom. The highest BCUT2D eigenvalue weighted by molar-refractivity contribution is 5.90. The van der Waals surface area contributed by atoms with E-state index >= 15 is 0 Å². The lowest BCUT2D eigenvalue weighted by Crippen LogP contribution is -2.42. The van der Waals surface area contributed by atoms with Crippen LogP contribution >= 0.6 is 0 Å². The highest BCUT2D eigenvalue weighted by Gasteiger charge is 2.33. The van der Waals surface area contributed by atoms with Gasteiger partial charge >= 0.3 is 0 Å². The number of hydrogen-bond acceptors (Lipinski definition) is 5. The molecule has 2 fully saturated rings. The summed E-state index contributed by atoms with van der Waals surface area (Å²) in [6, 6.07) is 19.3. The lowest BCUT2D eigenvalue weighted by molar-refractivity contribution is 0.469. The van der Waals surface area contributed by atoms with Gasteiger partial charge < -0.3 is 15.5 Å². The van der Waals surface area contributed by atoms with Crippen molar-refractivity contribution in [1.82, 2.24) is 15.3 Å². The van der Waals surface area contributed by atoms with E-state index in [1.165, 1.54) is 12.0 Å². The second-order valence-corrected chi connectivity index (χ2v) is 7.34. The van der Waals surface area contributed by atoms with Crippen LogP contribution in [-0.2, 0) is 6.54 Å². The minimum Gasteiger partial charge on any atom is -0.365 e. The molecule has 5 rings (SSSR count). The summed E-state index contributed by atoms with van der Waals surface area (Å²) in [7, 11) is 0. The Hall–Kier alpha value is -2.66. The molecule has 0 saturated carbocycles. The van der Waals surface area contributed by atoms with Crippen molar-refractivity contribution in [2.24, 2.45) is 5.92 Å². The van der Waals surface area contributed by atoms with Crippen molar-refractivity contribution >= 4 is 22.7 Å². The molecule has 2 atom stereocenters. The number of rotatable bonds is 4. The first-order valence-corrected chi connectivity index (χ1v) is 9.38. The zero-order valence-corrected chi connectivity index (χ0v) is 14.7.